The van der Waals surface area contributed by atoms with Crippen molar-refractivity contribution in [1.82, 2.24) is 0 Å². The van der Waals surface area contributed by atoms with Crippen molar-refractivity contribution in [1.29, 1.82) is 0 Å². The Bertz CT molecular complexity index is 269. The molecule has 0 aliphatic heterocycles. The summed E-state index contributed by atoms with van der Waals surface area (Å²) in [7, 11) is 0. The molecule has 1 N–H and O–H groups in total. The van der Waals surface area contributed by atoms with Gasteiger partial charge in [0, 0.05) is 13.0 Å². The number of unbranched alkanes of at least 4 members (excludes halogenated alkanes) is 5. The summed E-state index contributed by atoms with van der Waals surface area (Å²) in [6.07, 6.45) is 17.6. The Hall–Kier alpha value is -1.09. The van der Waals surface area contributed by atoms with Crippen LogP contribution < -0.4 is 0 Å². The highest BCUT2D eigenvalue weighted by molar-refractivity contribution is 5.66. The van der Waals surface area contributed by atoms with E-state index in [1.165, 1.54) is 25.7 Å². The average molecular weight is 282 g/mol. The molecule has 0 atom stereocenters. The molecule has 0 aliphatic rings. The van der Waals surface area contributed by atoms with E-state index in [2.05, 4.69) is 25.2 Å². The van der Waals surface area contributed by atoms with E-state index in [1.54, 1.807) is 0 Å². The van der Waals surface area contributed by atoms with Crippen LogP contribution in [0.25, 0.3) is 0 Å². The molecule has 3 heteroatoms. The normalized spacial score (nSPS) is 11.7. The standard InChI is InChI=1S/C17H30O3/c1-2-3-4-5-6-7-8-9-12-15-20-16-13-10-11-14-17(18)19/h6-7,9,12H,2-5,8,10-11,13-16H2,1H3,(H,18,19). The fourth-order valence-electron chi connectivity index (χ4n) is 1.78. The first-order chi connectivity index (χ1) is 9.77. The van der Waals surface area contributed by atoms with Crippen LogP contribution in [0.5, 0.6) is 0 Å². The van der Waals surface area contributed by atoms with Gasteiger partial charge >= 0.3 is 5.97 Å². The lowest BCUT2D eigenvalue weighted by molar-refractivity contribution is -0.137. The first kappa shape index (κ1) is 18.9. The van der Waals surface area contributed by atoms with E-state index < -0.39 is 5.97 Å². The van der Waals surface area contributed by atoms with Gasteiger partial charge in [-0.3, -0.25) is 4.79 Å². The van der Waals surface area contributed by atoms with Crippen molar-refractivity contribution in [3.8, 4) is 0 Å². The van der Waals surface area contributed by atoms with Crippen molar-refractivity contribution in [2.45, 2.75) is 64.7 Å². The van der Waals surface area contributed by atoms with Gasteiger partial charge in [0.15, 0.2) is 0 Å². The molecule has 0 aromatic carbocycles. The van der Waals surface area contributed by atoms with E-state index in [1.807, 2.05) is 6.08 Å². The molecule has 0 unspecified atom stereocenters. The lowest BCUT2D eigenvalue weighted by Gasteiger charge is -2.00. The molecule has 0 rings (SSSR count). The summed E-state index contributed by atoms with van der Waals surface area (Å²) in [5.41, 5.74) is 0. The molecule has 0 heterocycles. The molecule has 0 spiro atoms. The van der Waals surface area contributed by atoms with Crippen LogP contribution in [0.2, 0.25) is 0 Å². The fourth-order valence-corrected chi connectivity index (χ4v) is 1.78. The summed E-state index contributed by atoms with van der Waals surface area (Å²) in [4.78, 5) is 10.3. The Morgan fingerprint density at radius 2 is 1.80 bits per heavy atom. The van der Waals surface area contributed by atoms with Gasteiger partial charge in [-0.1, -0.05) is 50.5 Å². The van der Waals surface area contributed by atoms with E-state index in [9.17, 15) is 4.79 Å². The lowest BCUT2D eigenvalue weighted by atomic mass is 10.2. The smallest absolute Gasteiger partial charge is 0.303 e. The predicted molar refractivity (Wildman–Crippen MR) is 84.0 cm³/mol. The summed E-state index contributed by atoms with van der Waals surface area (Å²) in [5.74, 6) is -0.711. The number of ether oxygens (including phenoxy) is 1. The second-order valence-corrected chi connectivity index (χ2v) is 4.95. The van der Waals surface area contributed by atoms with Gasteiger partial charge in [-0.15, -0.1) is 0 Å². The first-order valence-corrected chi connectivity index (χ1v) is 7.87. The Morgan fingerprint density at radius 3 is 2.55 bits per heavy atom. The number of rotatable bonds is 14. The van der Waals surface area contributed by atoms with Crippen molar-refractivity contribution in [2.75, 3.05) is 13.2 Å². The maximum Gasteiger partial charge on any atom is 0.303 e. The van der Waals surface area contributed by atoms with Gasteiger partial charge in [-0.05, 0) is 32.1 Å². The summed E-state index contributed by atoms with van der Waals surface area (Å²) in [6, 6.07) is 0. The van der Waals surface area contributed by atoms with Crippen LogP contribution >= 0.6 is 0 Å². The van der Waals surface area contributed by atoms with Gasteiger partial charge in [0.1, 0.15) is 0 Å². The highest BCUT2D eigenvalue weighted by Gasteiger charge is 1.95. The summed E-state index contributed by atoms with van der Waals surface area (Å²) < 4.78 is 5.44. The third-order valence-electron chi connectivity index (χ3n) is 2.97. The molecule has 0 fully saturated rings. The maximum atomic E-state index is 10.3. The minimum atomic E-state index is -0.711. The average Bonchev–Trinajstić information content (AvgIpc) is 2.43. The van der Waals surface area contributed by atoms with Gasteiger partial charge in [-0.25, -0.2) is 0 Å². The van der Waals surface area contributed by atoms with Crippen molar-refractivity contribution in [3.05, 3.63) is 24.3 Å². The molecular formula is C17H30O3. The van der Waals surface area contributed by atoms with Crippen LogP contribution in [0.1, 0.15) is 64.7 Å². The zero-order valence-electron chi connectivity index (χ0n) is 12.9. The van der Waals surface area contributed by atoms with Gasteiger partial charge in [-0.2, -0.15) is 0 Å². The van der Waals surface area contributed by atoms with Crippen LogP contribution in [0.15, 0.2) is 24.3 Å². The van der Waals surface area contributed by atoms with E-state index in [4.69, 9.17) is 9.84 Å². The molecule has 116 valence electrons. The second kappa shape index (κ2) is 16.0. The number of hydrogen-bond acceptors (Lipinski definition) is 2. The van der Waals surface area contributed by atoms with Crippen LogP contribution in [0, 0.1) is 0 Å². The minimum Gasteiger partial charge on any atom is -0.481 e. The molecule has 0 aromatic heterocycles. The third-order valence-corrected chi connectivity index (χ3v) is 2.97. The number of carboxylic acids is 1. The van der Waals surface area contributed by atoms with E-state index >= 15 is 0 Å². The number of carbonyl (C=O) groups is 1. The predicted octanol–water partition coefficient (Wildman–Crippen LogP) is 4.73. The number of carboxylic acid groups (broad SMARTS) is 1. The highest BCUT2D eigenvalue weighted by Crippen LogP contribution is 2.01. The third kappa shape index (κ3) is 16.9. The van der Waals surface area contributed by atoms with E-state index in [0.717, 1.165) is 32.3 Å². The Kier molecular flexibility index (Phi) is 15.1. The molecular weight excluding hydrogens is 252 g/mol. The van der Waals surface area contributed by atoms with Gasteiger partial charge in [0.2, 0.25) is 0 Å². The molecule has 0 aliphatic carbocycles. The van der Waals surface area contributed by atoms with Crippen LogP contribution in [-0.2, 0) is 9.53 Å². The zero-order valence-corrected chi connectivity index (χ0v) is 12.9. The molecule has 0 radical (unpaired) electrons. The van der Waals surface area contributed by atoms with Crippen LogP contribution in [0.4, 0.5) is 0 Å². The minimum absolute atomic E-state index is 0.268. The summed E-state index contributed by atoms with van der Waals surface area (Å²) in [6.45, 7) is 3.60. The fraction of sp³-hybridized carbons (Fsp3) is 0.706. The topological polar surface area (TPSA) is 46.5 Å². The molecule has 0 bridgehead atoms. The van der Waals surface area contributed by atoms with Crippen molar-refractivity contribution in [3.63, 3.8) is 0 Å². The van der Waals surface area contributed by atoms with Gasteiger partial charge in [0.05, 0.1) is 6.61 Å². The lowest BCUT2D eigenvalue weighted by Crippen LogP contribution is -1.97. The number of aliphatic carboxylic acids is 1. The quantitative estimate of drug-likeness (QED) is 0.370. The number of hydrogen-bond donors (Lipinski definition) is 1. The SMILES string of the molecule is CCCCCC=CCC=CCOCCCCCC(=O)O. The van der Waals surface area contributed by atoms with Crippen molar-refractivity contribution < 1.29 is 14.6 Å². The number of allylic oxidation sites excluding steroid dienone is 3. The first-order valence-electron chi connectivity index (χ1n) is 7.87. The van der Waals surface area contributed by atoms with Gasteiger partial charge < -0.3 is 9.84 Å². The largest absolute Gasteiger partial charge is 0.481 e. The molecule has 3 nitrogen and oxygen atoms in total. The molecule has 0 saturated heterocycles. The van der Waals surface area contributed by atoms with Crippen LogP contribution in [-0.4, -0.2) is 24.3 Å². The molecule has 0 amide bonds. The van der Waals surface area contributed by atoms with E-state index in [0.29, 0.717) is 6.61 Å². The molecule has 20 heavy (non-hydrogen) atoms. The summed E-state index contributed by atoms with van der Waals surface area (Å²) >= 11 is 0. The monoisotopic (exact) mass is 282 g/mol. The van der Waals surface area contributed by atoms with Crippen molar-refractivity contribution >= 4 is 5.97 Å². The van der Waals surface area contributed by atoms with Crippen molar-refractivity contribution in [2.24, 2.45) is 0 Å². The van der Waals surface area contributed by atoms with Gasteiger partial charge in [0.25, 0.3) is 0 Å². The maximum absolute atomic E-state index is 10.3. The van der Waals surface area contributed by atoms with Crippen LogP contribution in [0.3, 0.4) is 0 Å². The molecule has 0 saturated carbocycles. The summed E-state index contributed by atoms with van der Waals surface area (Å²) in [5, 5.41) is 8.47. The Labute approximate surface area is 123 Å². The molecule has 0 aromatic rings. The highest BCUT2D eigenvalue weighted by atomic mass is 16.5. The Morgan fingerprint density at radius 1 is 1.00 bits per heavy atom. The zero-order chi connectivity index (χ0) is 14.9. The second-order valence-electron chi connectivity index (χ2n) is 4.95. The Balaban J connectivity index is 3.17. The van der Waals surface area contributed by atoms with E-state index in [-0.39, 0.29) is 6.42 Å².